The molecule has 0 radical (unpaired) electrons. The van der Waals surface area contributed by atoms with Crippen LogP contribution in [0.15, 0.2) is 6.20 Å². The molecular weight excluding hydrogens is 248 g/mol. The van der Waals surface area contributed by atoms with Gasteiger partial charge in [0.2, 0.25) is 5.95 Å². The molecule has 1 aliphatic rings. The second-order valence-corrected chi connectivity index (χ2v) is 5.94. The first-order chi connectivity index (χ1) is 9.64. The van der Waals surface area contributed by atoms with Gasteiger partial charge in [-0.1, -0.05) is 20.8 Å². The van der Waals surface area contributed by atoms with E-state index < -0.39 is 0 Å². The minimum absolute atomic E-state index is 0.472. The highest BCUT2D eigenvalue weighted by Crippen LogP contribution is 2.38. The maximum atomic E-state index is 4.72. The Balaban J connectivity index is 2.09. The summed E-state index contributed by atoms with van der Waals surface area (Å²) in [6.07, 6.45) is 5.74. The van der Waals surface area contributed by atoms with Crippen molar-refractivity contribution in [1.82, 2.24) is 15.3 Å². The van der Waals surface area contributed by atoms with Crippen molar-refractivity contribution in [2.75, 3.05) is 24.5 Å². The molecule has 112 valence electrons. The SMILES string of the molecule is CCNCc1cnc(N2CCC(CC)(CC)C2)nc1C. The molecule has 0 bridgehead atoms. The van der Waals surface area contributed by atoms with E-state index in [2.05, 4.69) is 42.9 Å². The first kappa shape index (κ1) is 15.2. The van der Waals surface area contributed by atoms with Crippen molar-refractivity contribution in [2.24, 2.45) is 5.41 Å². The molecule has 4 nitrogen and oxygen atoms in total. The van der Waals surface area contributed by atoms with Crippen LogP contribution in [-0.4, -0.2) is 29.6 Å². The lowest BCUT2D eigenvalue weighted by Gasteiger charge is -2.26. The van der Waals surface area contributed by atoms with Crippen molar-refractivity contribution in [1.29, 1.82) is 0 Å². The standard InChI is InChI=1S/C16H28N4/c1-5-16(6-2)8-9-20(12-16)15-18-11-14(10-17-7-3)13(4)19-15/h11,17H,5-10,12H2,1-4H3. The Kier molecular flexibility index (Phi) is 4.97. The maximum absolute atomic E-state index is 4.72. The Labute approximate surface area is 123 Å². The van der Waals surface area contributed by atoms with Crippen LogP contribution in [0.25, 0.3) is 0 Å². The van der Waals surface area contributed by atoms with Gasteiger partial charge in [-0.2, -0.15) is 0 Å². The summed E-state index contributed by atoms with van der Waals surface area (Å²) in [6, 6.07) is 0. The Morgan fingerprint density at radius 1 is 1.30 bits per heavy atom. The normalized spacial score (nSPS) is 17.7. The molecule has 0 amide bonds. The number of anilines is 1. The molecule has 1 saturated heterocycles. The Morgan fingerprint density at radius 3 is 2.60 bits per heavy atom. The van der Waals surface area contributed by atoms with Crippen LogP contribution < -0.4 is 10.2 Å². The summed E-state index contributed by atoms with van der Waals surface area (Å²) in [5.74, 6) is 0.909. The molecule has 0 aliphatic carbocycles. The molecular formula is C16H28N4. The molecule has 1 aliphatic heterocycles. The number of aryl methyl sites for hydroxylation is 1. The van der Waals surface area contributed by atoms with Crippen molar-refractivity contribution >= 4 is 5.95 Å². The van der Waals surface area contributed by atoms with Crippen LogP contribution in [0.4, 0.5) is 5.95 Å². The van der Waals surface area contributed by atoms with Crippen molar-refractivity contribution in [2.45, 2.75) is 53.5 Å². The van der Waals surface area contributed by atoms with Gasteiger partial charge in [-0.25, -0.2) is 9.97 Å². The molecule has 1 N–H and O–H groups in total. The molecule has 0 spiro atoms. The second kappa shape index (κ2) is 6.53. The first-order valence-electron chi connectivity index (χ1n) is 7.92. The van der Waals surface area contributed by atoms with E-state index in [1.807, 2.05) is 6.20 Å². The van der Waals surface area contributed by atoms with E-state index >= 15 is 0 Å². The lowest BCUT2D eigenvalue weighted by molar-refractivity contribution is 0.301. The summed E-state index contributed by atoms with van der Waals surface area (Å²) >= 11 is 0. The van der Waals surface area contributed by atoms with Crippen LogP contribution in [0.2, 0.25) is 0 Å². The van der Waals surface area contributed by atoms with Crippen LogP contribution in [0.1, 0.15) is 51.3 Å². The van der Waals surface area contributed by atoms with Crippen molar-refractivity contribution in [3.05, 3.63) is 17.5 Å². The lowest BCUT2D eigenvalue weighted by Crippen LogP contribution is -2.27. The summed E-state index contributed by atoms with van der Waals surface area (Å²) in [4.78, 5) is 11.7. The molecule has 2 rings (SSSR count). The van der Waals surface area contributed by atoms with Gasteiger partial charge in [-0.15, -0.1) is 0 Å². The van der Waals surface area contributed by atoms with Crippen LogP contribution in [0.5, 0.6) is 0 Å². The fourth-order valence-corrected chi connectivity index (χ4v) is 3.00. The fourth-order valence-electron chi connectivity index (χ4n) is 3.00. The quantitative estimate of drug-likeness (QED) is 0.867. The molecule has 0 unspecified atom stereocenters. The minimum Gasteiger partial charge on any atom is -0.340 e. The lowest BCUT2D eigenvalue weighted by atomic mass is 9.82. The zero-order chi connectivity index (χ0) is 14.6. The van der Waals surface area contributed by atoms with Crippen molar-refractivity contribution in [3.8, 4) is 0 Å². The Bertz CT molecular complexity index is 440. The number of hydrogen-bond acceptors (Lipinski definition) is 4. The third-order valence-corrected chi connectivity index (χ3v) is 4.85. The third kappa shape index (κ3) is 3.11. The van der Waals surface area contributed by atoms with E-state index in [0.29, 0.717) is 5.41 Å². The maximum Gasteiger partial charge on any atom is 0.225 e. The van der Waals surface area contributed by atoms with Crippen LogP contribution in [0.3, 0.4) is 0 Å². The molecule has 0 atom stereocenters. The van der Waals surface area contributed by atoms with Gasteiger partial charge in [0.05, 0.1) is 0 Å². The fraction of sp³-hybridized carbons (Fsp3) is 0.750. The largest absolute Gasteiger partial charge is 0.340 e. The van der Waals surface area contributed by atoms with E-state index in [9.17, 15) is 0 Å². The summed E-state index contributed by atoms with van der Waals surface area (Å²) in [6.45, 7) is 12.8. The van der Waals surface area contributed by atoms with Gasteiger partial charge >= 0.3 is 0 Å². The van der Waals surface area contributed by atoms with Gasteiger partial charge in [0.25, 0.3) is 0 Å². The summed E-state index contributed by atoms with van der Waals surface area (Å²) in [5, 5.41) is 3.33. The minimum atomic E-state index is 0.472. The number of aromatic nitrogens is 2. The Hall–Kier alpha value is -1.16. The molecule has 20 heavy (non-hydrogen) atoms. The topological polar surface area (TPSA) is 41.1 Å². The van der Waals surface area contributed by atoms with Crippen LogP contribution >= 0.6 is 0 Å². The predicted octanol–water partition coefficient (Wildman–Crippen LogP) is 2.91. The van der Waals surface area contributed by atoms with Crippen molar-refractivity contribution < 1.29 is 0 Å². The smallest absolute Gasteiger partial charge is 0.225 e. The Morgan fingerprint density at radius 2 is 2.05 bits per heavy atom. The highest BCUT2D eigenvalue weighted by Gasteiger charge is 2.35. The molecule has 2 heterocycles. The van der Waals surface area contributed by atoms with Gasteiger partial charge in [0.1, 0.15) is 0 Å². The van der Waals surface area contributed by atoms with E-state index in [-0.39, 0.29) is 0 Å². The average Bonchev–Trinajstić information content (AvgIpc) is 2.91. The van der Waals surface area contributed by atoms with Gasteiger partial charge in [0, 0.05) is 37.1 Å². The highest BCUT2D eigenvalue weighted by atomic mass is 15.3. The molecule has 1 aromatic rings. The van der Waals surface area contributed by atoms with Gasteiger partial charge in [-0.3, -0.25) is 0 Å². The molecule has 1 aromatic heterocycles. The average molecular weight is 276 g/mol. The summed E-state index contributed by atoms with van der Waals surface area (Å²) in [5.41, 5.74) is 2.77. The molecule has 0 saturated carbocycles. The van der Waals surface area contributed by atoms with Crippen molar-refractivity contribution in [3.63, 3.8) is 0 Å². The van der Waals surface area contributed by atoms with Gasteiger partial charge in [-0.05, 0) is 38.1 Å². The highest BCUT2D eigenvalue weighted by molar-refractivity contribution is 5.35. The van der Waals surface area contributed by atoms with Crippen LogP contribution in [-0.2, 0) is 6.54 Å². The second-order valence-electron chi connectivity index (χ2n) is 5.94. The van der Waals surface area contributed by atoms with E-state index in [0.717, 1.165) is 37.8 Å². The number of nitrogens with zero attached hydrogens (tertiary/aromatic N) is 3. The molecule has 0 aromatic carbocycles. The number of hydrogen-bond donors (Lipinski definition) is 1. The summed E-state index contributed by atoms with van der Waals surface area (Å²) < 4.78 is 0. The predicted molar refractivity (Wildman–Crippen MR) is 84.0 cm³/mol. The van der Waals surface area contributed by atoms with E-state index in [1.165, 1.54) is 24.8 Å². The van der Waals surface area contributed by atoms with E-state index in [4.69, 9.17) is 4.98 Å². The van der Waals surface area contributed by atoms with Gasteiger partial charge < -0.3 is 10.2 Å². The van der Waals surface area contributed by atoms with Gasteiger partial charge in [0.15, 0.2) is 0 Å². The molecule has 1 fully saturated rings. The zero-order valence-electron chi connectivity index (χ0n) is 13.4. The monoisotopic (exact) mass is 276 g/mol. The van der Waals surface area contributed by atoms with Crippen LogP contribution in [0, 0.1) is 12.3 Å². The summed E-state index contributed by atoms with van der Waals surface area (Å²) in [7, 11) is 0. The zero-order valence-corrected chi connectivity index (χ0v) is 13.4. The molecule has 4 heteroatoms. The number of rotatable bonds is 6. The number of nitrogens with one attached hydrogen (secondary N) is 1. The first-order valence-corrected chi connectivity index (χ1v) is 7.92. The third-order valence-electron chi connectivity index (χ3n) is 4.85. The van der Waals surface area contributed by atoms with E-state index in [1.54, 1.807) is 0 Å².